The lowest BCUT2D eigenvalue weighted by Gasteiger charge is -2.24. The van der Waals surface area contributed by atoms with E-state index >= 15 is 0 Å². The minimum absolute atomic E-state index is 0.128. The molecule has 0 amide bonds. The van der Waals surface area contributed by atoms with E-state index < -0.39 is 43.0 Å². The number of carbonyl (C=O) groups is 1. The molecule has 2 fully saturated rings. The lowest BCUT2D eigenvalue weighted by molar-refractivity contribution is -0.202. The molecule has 1 unspecified atom stereocenters. The molecule has 2 aliphatic rings. The van der Waals surface area contributed by atoms with E-state index in [-0.39, 0.29) is 6.61 Å². The van der Waals surface area contributed by atoms with Gasteiger partial charge in [-0.1, -0.05) is 13.2 Å². The average Bonchev–Trinajstić information content (AvgIpc) is 3.00. The van der Waals surface area contributed by atoms with Crippen molar-refractivity contribution in [3.05, 3.63) is 24.8 Å². The molecule has 2 saturated heterocycles. The molecular weight excluding hydrogens is 280 g/mol. The molecule has 0 spiro atoms. The minimum atomic E-state index is -1.07. The SMILES string of the molecule is C=CC(=O)OCC(=C)[C@@H](O)[C@H]1O[C@H](OC)[C@H]2OC(C)O[C@H]21. The van der Waals surface area contributed by atoms with Crippen LogP contribution in [0.15, 0.2) is 24.8 Å². The summed E-state index contributed by atoms with van der Waals surface area (Å²) in [5.41, 5.74) is 0.300. The molecule has 7 nitrogen and oxygen atoms in total. The van der Waals surface area contributed by atoms with Crippen molar-refractivity contribution in [3.63, 3.8) is 0 Å². The maximum absolute atomic E-state index is 11.0. The number of hydrogen-bond acceptors (Lipinski definition) is 7. The normalized spacial score (nSPS) is 36.0. The predicted molar refractivity (Wildman–Crippen MR) is 71.2 cm³/mol. The predicted octanol–water partition coefficient (Wildman–Crippen LogP) is 0.134. The summed E-state index contributed by atoms with van der Waals surface area (Å²) in [6, 6.07) is 0. The van der Waals surface area contributed by atoms with E-state index in [1.807, 2.05) is 0 Å². The van der Waals surface area contributed by atoms with E-state index in [1.165, 1.54) is 7.11 Å². The van der Waals surface area contributed by atoms with Crippen LogP contribution in [0, 0.1) is 0 Å². The molecule has 1 N–H and O–H groups in total. The maximum atomic E-state index is 11.0. The molecule has 2 heterocycles. The van der Waals surface area contributed by atoms with E-state index in [0.717, 1.165) is 6.08 Å². The molecule has 6 atom stereocenters. The highest BCUT2D eigenvalue weighted by atomic mass is 16.8. The zero-order valence-corrected chi connectivity index (χ0v) is 12.1. The van der Waals surface area contributed by atoms with Gasteiger partial charge in [-0.3, -0.25) is 0 Å². The van der Waals surface area contributed by atoms with Crippen molar-refractivity contribution < 1.29 is 33.6 Å². The number of rotatable bonds is 6. The molecule has 0 bridgehead atoms. The van der Waals surface area contributed by atoms with Gasteiger partial charge in [-0.2, -0.15) is 0 Å². The Hall–Kier alpha value is -1.25. The number of hydrogen-bond donors (Lipinski definition) is 1. The first-order chi connectivity index (χ1) is 9.97. The van der Waals surface area contributed by atoms with E-state index in [1.54, 1.807) is 6.92 Å². The third kappa shape index (κ3) is 3.33. The molecule has 0 aromatic carbocycles. The Balaban J connectivity index is 1.98. The lowest BCUT2D eigenvalue weighted by Crippen LogP contribution is -2.39. The monoisotopic (exact) mass is 300 g/mol. The highest BCUT2D eigenvalue weighted by molar-refractivity contribution is 5.81. The Morgan fingerprint density at radius 1 is 1.38 bits per heavy atom. The summed E-state index contributed by atoms with van der Waals surface area (Å²) >= 11 is 0. The third-order valence-electron chi connectivity index (χ3n) is 3.43. The first-order valence-corrected chi connectivity index (χ1v) is 6.62. The van der Waals surface area contributed by atoms with E-state index in [9.17, 15) is 9.90 Å². The smallest absolute Gasteiger partial charge is 0.330 e. The fourth-order valence-corrected chi connectivity index (χ4v) is 2.41. The van der Waals surface area contributed by atoms with Gasteiger partial charge in [0.05, 0.1) is 0 Å². The van der Waals surface area contributed by atoms with Crippen LogP contribution in [-0.4, -0.2) is 61.8 Å². The summed E-state index contributed by atoms with van der Waals surface area (Å²) in [6.07, 6.45) is -2.62. The summed E-state index contributed by atoms with van der Waals surface area (Å²) < 4.78 is 26.8. The van der Waals surface area contributed by atoms with Crippen molar-refractivity contribution in [1.82, 2.24) is 0 Å². The fourth-order valence-electron chi connectivity index (χ4n) is 2.41. The molecule has 0 saturated carbocycles. The van der Waals surface area contributed by atoms with Crippen molar-refractivity contribution in [3.8, 4) is 0 Å². The van der Waals surface area contributed by atoms with Gasteiger partial charge in [0.25, 0.3) is 0 Å². The van der Waals surface area contributed by atoms with E-state index in [4.69, 9.17) is 23.7 Å². The Labute approximate surface area is 123 Å². The summed E-state index contributed by atoms with van der Waals surface area (Å²) in [5.74, 6) is -0.586. The quantitative estimate of drug-likeness (QED) is 0.424. The molecule has 21 heavy (non-hydrogen) atoms. The summed E-state index contributed by atoms with van der Waals surface area (Å²) in [4.78, 5) is 11.0. The van der Waals surface area contributed by atoms with Gasteiger partial charge >= 0.3 is 5.97 Å². The van der Waals surface area contributed by atoms with Crippen LogP contribution in [0.4, 0.5) is 0 Å². The van der Waals surface area contributed by atoms with Crippen LogP contribution in [0.3, 0.4) is 0 Å². The van der Waals surface area contributed by atoms with Crippen molar-refractivity contribution in [2.24, 2.45) is 0 Å². The van der Waals surface area contributed by atoms with E-state index in [0.29, 0.717) is 5.57 Å². The molecule has 0 aromatic heterocycles. The number of ether oxygens (including phenoxy) is 5. The maximum Gasteiger partial charge on any atom is 0.330 e. The number of esters is 1. The van der Waals surface area contributed by atoms with Crippen LogP contribution in [0.2, 0.25) is 0 Å². The van der Waals surface area contributed by atoms with Gasteiger partial charge in [0, 0.05) is 13.2 Å². The zero-order valence-electron chi connectivity index (χ0n) is 12.1. The second kappa shape index (κ2) is 6.67. The molecule has 0 aliphatic carbocycles. The molecule has 2 aliphatic heterocycles. The Kier molecular flexibility index (Phi) is 5.13. The Morgan fingerprint density at radius 2 is 2.05 bits per heavy atom. The minimum Gasteiger partial charge on any atom is -0.458 e. The number of aliphatic hydroxyl groups excluding tert-OH is 1. The molecule has 7 heteroatoms. The van der Waals surface area contributed by atoms with Crippen LogP contribution >= 0.6 is 0 Å². The van der Waals surface area contributed by atoms with Gasteiger partial charge < -0.3 is 28.8 Å². The number of aliphatic hydroxyl groups is 1. The van der Waals surface area contributed by atoms with Gasteiger partial charge in [-0.25, -0.2) is 4.79 Å². The Bertz CT molecular complexity index is 422. The Morgan fingerprint density at radius 3 is 2.67 bits per heavy atom. The molecule has 2 rings (SSSR count). The molecule has 0 radical (unpaired) electrons. The van der Waals surface area contributed by atoms with Gasteiger partial charge in [-0.05, 0) is 12.5 Å². The van der Waals surface area contributed by atoms with Crippen LogP contribution in [0.5, 0.6) is 0 Å². The van der Waals surface area contributed by atoms with E-state index in [2.05, 4.69) is 13.2 Å². The number of fused-ring (bicyclic) bond motifs is 1. The summed E-state index contributed by atoms with van der Waals surface area (Å²) in [5, 5.41) is 10.3. The van der Waals surface area contributed by atoms with Gasteiger partial charge in [0.1, 0.15) is 31.0 Å². The first kappa shape index (κ1) is 16.1. The molecule has 118 valence electrons. The van der Waals surface area contributed by atoms with Crippen LogP contribution in [0.1, 0.15) is 6.92 Å². The van der Waals surface area contributed by atoms with Crippen molar-refractivity contribution in [2.45, 2.75) is 43.9 Å². The zero-order chi connectivity index (χ0) is 15.6. The van der Waals surface area contributed by atoms with Crippen LogP contribution in [0.25, 0.3) is 0 Å². The largest absolute Gasteiger partial charge is 0.458 e. The summed E-state index contributed by atoms with van der Waals surface area (Å²) in [6.45, 7) is 8.63. The molecular formula is C14H20O7. The van der Waals surface area contributed by atoms with Crippen LogP contribution in [-0.2, 0) is 28.5 Å². The highest BCUT2D eigenvalue weighted by Gasteiger charge is 2.54. The fraction of sp³-hybridized carbons (Fsp3) is 0.643. The second-order valence-corrected chi connectivity index (χ2v) is 4.89. The third-order valence-corrected chi connectivity index (χ3v) is 3.43. The standard InChI is InChI=1S/C14H20O7/c1-5-9(15)18-6-7(2)10(16)11-12-13(14(17-4)21-11)20-8(3)19-12/h5,8,10-14,16H,1-2,6H2,3-4H3/t8?,10-,11-,12+,13+,14+/m1/s1. The van der Waals surface area contributed by atoms with Crippen LogP contribution < -0.4 is 0 Å². The van der Waals surface area contributed by atoms with Crippen molar-refractivity contribution >= 4 is 5.97 Å². The average molecular weight is 300 g/mol. The first-order valence-electron chi connectivity index (χ1n) is 6.62. The van der Waals surface area contributed by atoms with Crippen molar-refractivity contribution in [1.29, 1.82) is 0 Å². The van der Waals surface area contributed by atoms with Gasteiger partial charge in [0.2, 0.25) is 0 Å². The topological polar surface area (TPSA) is 83.5 Å². The second-order valence-electron chi connectivity index (χ2n) is 4.89. The lowest BCUT2D eigenvalue weighted by atomic mass is 10.0. The highest BCUT2D eigenvalue weighted by Crippen LogP contribution is 2.36. The summed E-state index contributed by atoms with van der Waals surface area (Å²) in [7, 11) is 1.49. The van der Waals surface area contributed by atoms with Gasteiger partial charge in [-0.15, -0.1) is 0 Å². The van der Waals surface area contributed by atoms with Crippen molar-refractivity contribution in [2.75, 3.05) is 13.7 Å². The number of methoxy groups -OCH3 is 1. The molecule has 0 aromatic rings. The van der Waals surface area contributed by atoms with Gasteiger partial charge in [0.15, 0.2) is 12.6 Å². The number of carbonyl (C=O) groups excluding carboxylic acids is 1.